The number of amides is 1. The summed E-state index contributed by atoms with van der Waals surface area (Å²) in [6.07, 6.45) is 3.74. The van der Waals surface area contributed by atoms with Crippen LogP contribution in [0.5, 0.6) is 0 Å². The van der Waals surface area contributed by atoms with Crippen LogP contribution in [0.25, 0.3) is 0 Å². The van der Waals surface area contributed by atoms with Crippen LogP contribution in [0, 0.1) is 0 Å². The molecule has 1 amide bonds. The maximum absolute atomic E-state index is 11.4. The van der Waals surface area contributed by atoms with E-state index >= 15 is 0 Å². The topological polar surface area (TPSA) is 80.5 Å². The number of ether oxygens (including phenoxy) is 1. The van der Waals surface area contributed by atoms with Gasteiger partial charge < -0.3 is 4.74 Å². The molecule has 6 nitrogen and oxygen atoms in total. The van der Waals surface area contributed by atoms with E-state index in [0.29, 0.717) is 18.2 Å². The van der Waals surface area contributed by atoms with E-state index in [0.717, 1.165) is 31.6 Å². The first-order valence-electron chi connectivity index (χ1n) is 7.35. The van der Waals surface area contributed by atoms with Gasteiger partial charge in [-0.2, -0.15) is 0 Å². The highest BCUT2D eigenvalue weighted by Crippen LogP contribution is 2.12. The van der Waals surface area contributed by atoms with Crippen LogP contribution in [0.2, 0.25) is 0 Å². The van der Waals surface area contributed by atoms with Crippen molar-refractivity contribution < 1.29 is 9.53 Å². The van der Waals surface area contributed by atoms with Crippen LogP contribution in [0.15, 0.2) is 18.3 Å². The summed E-state index contributed by atoms with van der Waals surface area (Å²) in [7, 11) is 1.71. The number of methoxy groups -OCH3 is 1. The smallest absolute Gasteiger partial charge is 0.266 e. The number of rotatable bonds is 9. The maximum atomic E-state index is 11.4. The van der Waals surface area contributed by atoms with Gasteiger partial charge in [0.1, 0.15) is 0 Å². The summed E-state index contributed by atoms with van der Waals surface area (Å²) in [6, 6.07) is 4.12. The SMILES string of the molecule is CCC(CC)N(CCOC)Cc1ccc(C(=O)NN)cn1. The molecule has 0 aromatic carbocycles. The minimum absolute atomic E-state index is 0.328. The zero-order valence-electron chi connectivity index (χ0n) is 13.1. The van der Waals surface area contributed by atoms with Crippen LogP contribution in [-0.2, 0) is 11.3 Å². The summed E-state index contributed by atoms with van der Waals surface area (Å²) in [5.41, 5.74) is 3.50. The van der Waals surface area contributed by atoms with Crippen LogP contribution in [0.1, 0.15) is 42.7 Å². The minimum atomic E-state index is -0.328. The number of hydrogen-bond donors (Lipinski definition) is 2. The molecule has 1 heterocycles. The van der Waals surface area contributed by atoms with Crippen LogP contribution >= 0.6 is 0 Å². The Balaban J connectivity index is 2.75. The average molecular weight is 294 g/mol. The van der Waals surface area contributed by atoms with E-state index in [9.17, 15) is 4.79 Å². The van der Waals surface area contributed by atoms with Crippen molar-refractivity contribution in [1.29, 1.82) is 0 Å². The van der Waals surface area contributed by atoms with Gasteiger partial charge in [-0.25, -0.2) is 5.84 Å². The van der Waals surface area contributed by atoms with Gasteiger partial charge in [-0.05, 0) is 25.0 Å². The molecule has 0 fully saturated rings. The molecule has 0 atom stereocenters. The standard InChI is InChI=1S/C15H26N4O2/c1-4-14(5-2)19(8-9-21-3)11-13-7-6-12(10-17-13)15(20)18-16/h6-7,10,14H,4-5,8-9,11,16H2,1-3H3,(H,18,20). The molecular weight excluding hydrogens is 268 g/mol. The first-order valence-corrected chi connectivity index (χ1v) is 7.35. The number of carbonyl (C=O) groups excluding carboxylic acids is 1. The second kappa shape index (κ2) is 9.44. The molecule has 0 saturated carbocycles. The fourth-order valence-electron chi connectivity index (χ4n) is 2.35. The van der Waals surface area contributed by atoms with Gasteiger partial charge in [0.15, 0.2) is 0 Å². The molecule has 1 aromatic rings. The van der Waals surface area contributed by atoms with E-state index in [1.54, 1.807) is 19.4 Å². The number of pyridine rings is 1. The minimum Gasteiger partial charge on any atom is -0.383 e. The lowest BCUT2D eigenvalue weighted by Gasteiger charge is -2.29. The monoisotopic (exact) mass is 294 g/mol. The van der Waals surface area contributed by atoms with Gasteiger partial charge >= 0.3 is 0 Å². The third-order valence-corrected chi connectivity index (χ3v) is 3.62. The van der Waals surface area contributed by atoms with Crippen molar-refractivity contribution in [2.75, 3.05) is 20.3 Å². The number of nitrogen functional groups attached to an aromatic ring is 1. The Hall–Kier alpha value is -1.50. The second-order valence-corrected chi connectivity index (χ2v) is 4.95. The second-order valence-electron chi connectivity index (χ2n) is 4.95. The number of nitrogens with one attached hydrogen (secondary N) is 1. The van der Waals surface area contributed by atoms with Gasteiger partial charge in [0.05, 0.1) is 17.9 Å². The molecule has 3 N–H and O–H groups in total. The number of hydrogen-bond acceptors (Lipinski definition) is 5. The molecule has 1 rings (SSSR count). The van der Waals surface area contributed by atoms with Gasteiger partial charge in [0, 0.05) is 32.4 Å². The summed E-state index contributed by atoms with van der Waals surface area (Å²) >= 11 is 0. The van der Waals surface area contributed by atoms with Crippen LogP contribution < -0.4 is 11.3 Å². The lowest BCUT2D eigenvalue weighted by Crippen LogP contribution is -2.36. The zero-order valence-corrected chi connectivity index (χ0v) is 13.1. The Bertz CT molecular complexity index is 418. The Labute approximate surface area is 126 Å². The maximum Gasteiger partial charge on any atom is 0.266 e. The molecule has 0 saturated heterocycles. The van der Waals surface area contributed by atoms with Crippen LogP contribution in [-0.4, -0.2) is 42.1 Å². The summed E-state index contributed by atoms with van der Waals surface area (Å²) < 4.78 is 5.19. The Kier molecular flexibility index (Phi) is 7.89. The highest BCUT2D eigenvalue weighted by Gasteiger charge is 2.16. The molecule has 0 aliphatic heterocycles. The quantitative estimate of drug-likeness (QED) is 0.408. The van der Waals surface area contributed by atoms with Gasteiger partial charge in [-0.15, -0.1) is 0 Å². The van der Waals surface area contributed by atoms with Gasteiger partial charge in [0.25, 0.3) is 5.91 Å². The summed E-state index contributed by atoms with van der Waals surface area (Å²) in [6.45, 7) is 6.70. The molecule has 0 spiro atoms. The third kappa shape index (κ3) is 5.41. The lowest BCUT2D eigenvalue weighted by molar-refractivity contribution is 0.0953. The molecule has 0 aliphatic rings. The van der Waals surface area contributed by atoms with Gasteiger partial charge in [-0.3, -0.25) is 20.1 Å². The van der Waals surface area contributed by atoms with Crippen molar-refractivity contribution in [3.05, 3.63) is 29.6 Å². The van der Waals surface area contributed by atoms with Gasteiger partial charge in [0.2, 0.25) is 0 Å². The zero-order chi connectivity index (χ0) is 15.7. The van der Waals surface area contributed by atoms with E-state index in [1.807, 2.05) is 6.07 Å². The molecule has 0 unspecified atom stereocenters. The number of hydrazine groups is 1. The number of aromatic nitrogens is 1. The molecule has 118 valence electrons. The number of nitrogens with zero attached hydrogens (tertiary/aromatic N) is 2. The first-order chi connectivity index (χ1) is 10.2. The molecule has 21 heavy (non-hydrogen) atoms. The Morgan fingerprint density at radius 3 is 2.62 bits per heavy atom. The highest BCUT2D eigenvalue weighted by atomic mass is 16.5. The molecule has 1 aromatic heterocycles. The van der Waals surface area contributed by atoms with Crippen molar-refractivity contribution in [3.8, 4) is 0 Å². The van der Waals surface area contributed by atoms with Crippen molar-refractivity contribution >= 4 is 5.91 Å². The highest BCUT2D eigenvalue weighted by molar-refractivity contribution is 5.93. The predicted molar refractivity (Wildman–Crippen MR) is 82.5 cm³/mol. The summed E-state index contributed by atoms with van der Waals surface area (Å²) in [5.74, 6) is 4.78. The fourth-order valence-corrected chi connectivity index (χ4v) is 2.35. The molecule has 0 bridgehead atoms. The van der Waals surface area contributed by atoms with Crippen LogP contribution in [0.3, 0.4) is 0 Å². The lowest BCUT2D eigenvalue weighted by atomic mass is 10.1. The predicted octanol–water partition coefficient (Wildman–Crippen LogP) is 1.32. The normalized spacial score (nSPS) is 11.1. The summed E-state index contributed by atoms with van der Waals surface area (Å²) in [4.78, 5) is 18.1. The Morgan fingerprint density at radius 1 is 1.43 bits per heavy atom. The van der Waals surface area contributed by atoms with E-state index < -0.39 is 0 Å². The van der Waals surface area contributed by atoms with Gasteiger partial charge in [-0.1, -0.05) is 13.8 Å². The molecule has 6 heteroatoms. The van der Waals surface area contributed by atoms with Crippen molar-refractivity contribution in [3.63, 3.8) is 0 Å². The first kappa shape index (κ1) is 17.6. The van der Waals surface area contributed by atoms with Crippen molar-refractivity contribution in [2.24, 2.45) is 5.84 Å². The van der Waals surface area contributed by atoms with E-state index in [1.165, 1.54) is 0 Å². The molecular formula is C15H26N4O2. The van der Waals surface area contributed by atoms with E-state index in [4.69, 9.17) is 10.6 Å². The molecule has 0 aliphatic carbocycles. The summed E-state index contributed by atoms with van der Waals surface area (Å²) in [5, 5.41) is 0. The largest absolute Gasteiger partial charge is 0.383 e. The van der Waals surface area contributed by atoms with E-state index in [-0.39, 0.29) is 5.91 Å². The molecule has 0 radical (unpaired) electrons. The Morgan fingerprint density at radius 2 is 2.14 bits per heavy atom. The third-order valence-electron chi connectivity index (χ3n) is 3.62. The fraction of sp³-hybridized carbons (Fsp3) is 0.600. The van der Waals surface area contributed by atoms with Crippen LogP contribution in [0.4, 0.5) is 0 Å². The average Bonchev–Trinajstić information content (AvgIpc) is 2.53. The number of nitrogens with two attached hydrogens (primary N) is 1. The number of carbonyl (C=O) groups is 1. The van der Waals surface area contributed by atoms with E-state index in [2.05, 4.69) is 29.2 Å². The van der Waals surface area contributed by atoms with Crippen molar-refractivity contribution in [2.45, 2.75) is 39.3 Å². The van der Waals surface area contributed by atoms with Crippen molar-refractivity contribution in [1.82, 2.24) is 15.3 Å².